The smallest absolute Gasteiger partial charge is 0.191 e. The molecule has 7 heteroatoms. The van der Waals surface area contributed by atoms with Gasteiger partial charge in [0.15, 0.2) is 17.5 Å². The Morgan fingerprint density at radius 1 is 1.21 bits per heavy atom. The van der Waals surface area contributed by atoms with Crippen LogP contribution in [0.2, 0.25) is 0 Å². The fraction of sp³-hybridized carbons (Fsp3) is 0.412. The summed E-state index contributed by atoms with van der Waals surface area (Å²) in [7, 11) is 5.03. The average Bonchev–Trinajstić information content (AvgIpc) is 3.02. The molecule has 24 heavy (non-hydrogen) atoms. The third kappa shape index (κ3) is 5.13. The SMILES string of the molecule is CN=C(NCCc1csc(C)n1)NCc1ccc(OC)c(OC)c1. The van der Waals surface area contributed by atoms with E-state index in [0.29, 0.717) is 6.54 Å². The van der Waals surface area contributed by atoms with Gasteiger partial charge in [0.25, 0.3) is 0 Å². The van der Waals surface area contributed by atoms with E-state index in [0.717, 1.165) is 46.7 Å². The predicted molar refractivity (Wildman–Crippen MR) is 98.3 cm³/mol. The summed E-state index contributed by atoms with van der Waals surface area (Å²) in [6.45, 7) is 3.45. The van der Waals surface area contributed by atoms with Crippen LogP contribution in [0.4, 0.5) is 0 Å². The number of hydrogen-bond donors (Lipinski definition) is 2. The van der Waals surface area contributed by atoms with Crippen LogP contribution in [-0.4, -0.2) is 38.8 Å². The molecule has 0 aliphatic rings. The van der Waals surface area contributed by atoms with Gasteiger partial charge in [-0.3, -0.25) is 4.99 Å². The Balaban J connectivity index is 1.82. The van der Waals surface area contributed by atoms with Crippen molar-refractivity contribution in [3.8, 4) is 11.5 Å². The number of thiazole rings is 1. The highest BCUT2D eigenvalue weighted by Crippen LogP contribution is 2.27. The molecule has 2 N–H and O–H groups in total. The Kier molecular flexibility index (Phi) is 6.87. The highest BCUT2D eigenvalue weighted by atomic mass is 32.1. The molecule has 0 aliphatic carbocycles. The highest BCUT2D eigenvalue weighted by Gasteiger charge is 2.05. The summed E-state index contributed by atoms with van der Waals surface area (Å²) in [4.78, 5) is 8.69. The summed E-state index contributed by atoms with van der Waals surface area (Å²) in [5.41, 5.74) is 2.20. The molecule has 0 saturated heterocycles. The Morgan fingerprint density at radius 3 is 2.62 bits per heavy atom. The van der Waals surface area contributed by atoms with Crippen LogP contribution in [0.3, 0.4) is 0 Å². The minimum atomic E-state index is 0.649. The summed E-state index contributed by atoms with van der Waals surface area (Å²) < 4.78 is 10.6. The number of nitrogens with one attached hydrogen (secondary N) is 2. The van der Waals surface area contributed by atoms with Gasteiger partial charge in [-0.25, -0.2) is 4.98 Å². The quantitative estimate of drug-likeness (QED) is 0.594. The molecule has 0 fully saturated rings. The molecule has 2 aromatic rings. The molecule has 1 heterocycles. The van der Waals surface area contributed by atoms with E-state index in [4.69, 9.17) is 9.47 Å². The molecule has 0 spiro atoms. The summed E-state index contributed by atoms with van der Waals surface area (Å²) in [6.07, 6.45) is 0.876. The van der Waals surface area contributed by atoms with Gasteiger partial charge in [-0.2, -0.15) is 0 Å². The Labute approximate surface area is 146 Å². The fourth-order valence-electron chi connectivity index (χ4n) is 2.23. The van der Waals surface area contributed by atoms with Gasteiger partial charge in [0, 0.05) is 31.9 Å². The summed E-state index contributed by atoms with van der Waals surface area (Å²) in [5.74, 6) is 2.21. The number of benzene rings is 1. The number of ether oxygens (including phenoxy) is 2. The molecular formula is C17H24N4O2S. The largest absolute Gasteiger partial charge is 0.493 e. The number of aromatic nitrogens is 1. The zero-order valence-corrected chi connectivity index (χ0v) is 15.4. The first-order valence-corrected chi connectivity index (χ1v) is 8.60. The maximum absolute atomic E-state index is 5.32. The van der Waals surface area contributed by atoms with Crippen molar-refractivity contribution >= 4 is 17.3 Å². The molecule has 0 unspecified atom stereocenters. The van der Waals surface area contributed by atoms with Gasteiger partial charge in [0.1, 0.15) is 0 Å². The molecule has 0 amide bonds. The van der Waals surface area contributed by atoms with Crippen LogP contribution in [0.15, 0.2) is 28.6 Å². The van der Waals surface area contributed by atoms with Crippen LogP contribution in [0.25, 0.3) is 0 Å². The molecule has 0 radical (unpaired) electrons. The lowest BCUT2D eigenvalue weighted by Crippen LogP contribution is -2.37. The highest BCUT2D eigenvalue weighted by molar-refractivity contribution is 7.09. The monoisotopic (exact) mass is 348 g/mol. The van der Waals surface area contributed by atoms with Crippen molar-refractivity contribution in [3.05, 3.63) is 39.8 Å². The molecule has 0 atom stereocenters. The van der Waals surface area contributed by atoms with Gasteiger partial charge >= 0.3 is 0 Å². The van der Waals surface area contributed by atoms with Crippen molar-refractivity contribution in [2.75, 3.05) is 27.8 Å². The molecule has 0 bridgehead atoms. The summed E-state index contributed by atoms with van der Waals surface area (Å²) in [6, 6.07) is 5.85. The van der Waals surface area contributed by atoms with Crippen molar-refractivity contribution in [1.82, 2.24) is 15.6 Å². The topological polar surface area (TPSA) is 67.8 Å². The second kappa shape index (κ2) is 9.12. The molecule has 6 nitrogen and oxygen atoms in total. The van der Waals surface area contributed by atoms with Crippen molar-refractivity contribution in [3.63, 3.8) is 0 Å². The van der Waals surface area contributed by atoms with E-state index in [1.54, 1.807) is 32.6 Å². The first-order valence-electron chi connectivity index (χ1n) is 7.72. The van der Waals surface area contributed by atoms with E-state index < -0.39 is 0 Å². The Bertz CT molecular complexity index is 685. The van der Waals surface area contributed by atoms with E-state index in [9.17, 15) is 0 Å². The normalized spacial score (nSPS) is 11.2. The molecule has 2 rings (SSSR count). The summed E-state index contributed by atoms with van der Waals surface area (Å²) in [5, 5.41) is 9.78. The van der Waals surface area contributed by atoms with E-state index >= 15 is 0 Å². The first kappa shape index (κ1) is 18.1. The van der Waals surface area contributed by atoms with Gasteiger partial charge in [0.2, 0.25) is 0 Å². The minimum absolute atomic E-state index is 0.649. The zero-order valence-electron chi connectivity index (χ0n) is 14.5. The van der Waals surface area contributed by atoms with Crippen LogP contribution >= 0.6 is 11.3 Å². The maximum Gasteiger partial charge on any atom is 0.191 e. The van der Waals surface area contributed by atoms with Gasteiger partial charge < -0.3 is 20.1 Å². The van der Waals surface area contributed by atoms with Crippen LogP contribution in [0, 0.1) is 6.92 Å². The number of hydrogen-bond acceptors (Lipinski definition) is 5. The molecule has 0 saturated carbocycles. The van der Waals surface area contributed by atoms with Crippen molar-refractivity contribution in [2.24, 2.45) is 4.99 Å². The van der Waals surface area contributed by atoms with Crippen molar-refractivity contribution in [2.45, 2.75) is 19.9 Å². The lowest BCUT2D eigenvalue weighted by molar-refractivity contribution is 0.354. The molecule has 1 aromatic carbocycles. The third-order valence-corrected chi connectivity index (χ3v) is 4.29. The summed E-state index contributed by atoms with van der Waals surface area (Å²) >= 11 is 1.68. The van der Waals surface area contributed by atoms with Gasteiger partial charge in [-0.15, -0.1) is 11.3 Å². The van der Waals surface area contributed by atoms with Crippen LogP contribution in [0.5, 0.6) is 11.5 Å². The van der Waals surface area contributed by atoms with E-state index in [-0.39, 0.29) is 0 Å². The number of aliphatic imine (C=N–C) groups is 1. The Morgan fingerprint density at radius 2 is 2.00 bits per heavy atom. The molecule has 0 aliphatic heterocycles. The number of guanidine groups is 1. The van der Waals surface area contributed by atoms with Crippen molar-refractivity contribution < 1.29 is 9.47 Å². The lowest BCUT2D eigenvalue weighted by Gasteiger charge is -2.13. The van der Waals surface area contributed by atoms with Crippen LogP contribution < -0.4 is 20.1 Å². The number of methoxy groups -OCH3 is 2. The average molecular weight is 348 g/mol. The third-order valence-electron chi connectivity index (χ3n) is 3.47. The van der Waals surface area contributed by atoms with Gasteiger partial charge in [0.05, 0.1) is 24.9 Å². The second-order valence-corrected chi connectivity index (χ2v) is 6.21. The lowest BCUT2D eigenvalue weighted by atomic mass is 10.2. The second-order valence-electron chi connectivity index (χ2n) is 5.15. The Hall–Kier alpha value is -2.28. The van der Waals surface area contributed by atoms with Gasteiger partial charge in [-0.05, 0) is 24.6 Å². The van der Waals surface area contributed by atoms with Crippen LogP contribution in [0.1, 0.15) is 16.3 Å². The number of aryl methyl sites for hydroxylation is 1. The number of nitrogens with zero attached hydrogens (tertiary/aromatic N) is 2. The van der Waals surface area contributed by atoms with E-state index in [2.05, 4.69) is 26.0 Å². The predicted octanol–water partition coefficient (Wildman–Crippen LogP) is 2.38. The zero-order chi connectivity index (χ0) is 17.4. The first-order chi connectivity index (χ1) is 11.7. The minimum Gasteiger partial charge on any atom is -0.493 e. The standard InChI is InChI=1S/C17H24N4O2S/c1-12-21-14(11-24-12)7-8-19-17(18-2)20-10-13-5-6-15(22-3)16(9-13)23-4/h5-6,9,11H,7-8,10H2,1-4H3,(H2,18,19,20). The fourth-order valence-corrected chi connectivity index (χ4v) is 2.88. The van der Waals surface area contributed by atoms with E-state index in [1.165, 1.54) is 0 Å². The molecule has 130 valence electrons. The van der Waals surface area contributed by atoms with Crippen LogP contribution in [-0.2, 0) is 13.0 Å². The number of rotatable bonds is 7. The maximum atomic E-state index is 5.32. The molecule has 1 aromatic heterocycles. The van der Waals surface area contributed by atoms with E-state index in [1.807, 2.05) is 25.1 Å². The molecular weight excluding hydrogens is 324 g/mol. The van der Waals surface area contributed by atoms with Gasteiger partial charge in [-0.1, -0.05) is 6.07 Å². The van der Waals surface area contributed by atoms with Crippen molar-refractivity contribution in [1.29, 1.82) is 0 Å².